The van der Waals surface area contributed by atoms with Crippen molar-refractivity contribution in [3.63, 3.8) is 0 Å². The summed E-state index contributed by atoms with van der Waals surface area (Å²) in [5.41, 5.74) is 1.40. The molecule has 2 aliphatic rings. The van der Waals surface area contributed by atoms with Crippen LogP contribution in [0.3, 0.4) is 0 Å². The Morgan fingerprint density at radius 2 is 1.77 bits per heavy atom. The molecule has 2 heterocycles. The van der Waals surface area contributed by atoms with Crippen molar-refractivity contribution in [3.05, 3.63) is 47.6 Å². The van der Waals surface area contributed by atoms with E-state index in [0.29, 0.717) is 18.5 Å². The summed E-state index contributed by atoms with van der Waals surface area (Å²) in [7, 11) is 0. The van der Waals surface area contributed by atoms with Crippen LogP contribution in [0.4, 0.5) is 0 Å². The zero-order valence-corrected chi connectivity index (χ0v) is 15.6. The second-order valence-corrected chi connectivity index (χ2v) is 7.80. The summed E-state index contributed by atoms with van der Waals surface area (Å²) >= 11 is 0. The normalized spacial score (nSPS) is 20.5. The lowest BCUT2D eigenvalue weighted by atomic mass is 9.89. The van der Waals surface area contributed by atoms with E-state index >= 15 is 0 Å². The topological polar surface area (TPSA) is 54.2 Å². The van der Waals surface area contributed by atoms with Crippen molar-refractivity contribution in [1.29, 1.82) is 0 Å². The van der Waals surface area contributed by atoms with E-state index in [0.717, 1.165) is 31.3 Å². The van der Waals surface area contributed by atoms with E-state index in [4.69, 9.17) is 4.52 Å². The molecule has 1 saturated carbocycles. The fourth-order valence-electron chi connectivity index (χ4n) is 4.23. The Morgan fingerprint density at radius 1 is 1.00 bits per heavy atom. The van der Waals surface area contributed by atoms with Crippen LogP contribution in [0.5, 0.6) is 0 Å². The minimum absolute atomic E-state index is 0.516. The highest BCUT2D eigenvalue weighted by molar-refractivity contribution is 5.14. The molecule has 5 heteroatoms. The van der Waals surface area contributed by atoms with E-state index in [2.05, 4.69) is 50.7 Å². The summed E-state index contributed by atoms with van der Waals surface area (Å²) in [6.07, 6.45) is 8.74. The van der Waals surface area contributed by atoms with Crippen molar-refractivity contribution in [2.24, 2.45) is 0 Å². The fourth-order valence-corrected chi connectivity index (χ4v) is 4.23. The first-order chi connectivity index (χ1) is 12.9. The SMILES string of the molecule is c1ccc(CN2CCC(NCc3nc(C4CCCCC4)no3)CC2)cc1. The predicted molar refractivity (Wildman–Crippen MR) is 102 cm³/mol. The van der Waals surface area contributed by atoms with E-state index in [1.54, 1.807) is 0 Å². The predicted octanol–water partition coefficient (Wildman–Crippen LogP) is 3.87. The first-order valence-corrected chi connectivity index (χ1v) is 10.2. The van der Waals surface area contributed by atoms with Crippen LogP contribution in [-0.4, -0.2) is 34.2 Å². The van der Waals surface area contributed by atoms with Gasteiger partial charge in [-0.1, -0.05) is 54.8 Å². The molecule has 0 atom stereocenters. The third-order valence-electron chi connectivity index (χ3n) is 5.83. The van der Waals surface area contributed by atoms with Gasteiger partial charge in [0, 0.05) is 18.5 Å². The van der Waals surface area contributed by atoms with Crippen molar-refractivity contribution >= 4 is 0 Å². The minimum atomic E-state index is 0.516. The van der Waals surface area contributed by atoms with Crippen LogP contribution in [0.1, 0.15) is 68.1 Å². The monoisotopic (exact) mass is 354 g/mol. The van der Waals surface area contributed by atoms with Crippen molar-refractivity contribution in [1.82, 2.24) is 20.4 Å². The van der Waals surface area contributed by atoms with E-state index in [-0.39, 0.29) is 0 Å². The summed E-state index contributed by atoms with van der Waals surface area (Å²) < 4.78 is 5.48. The summed E-state index contributed by atoms with van der Waals surface area (Å²) in [6, 6.07) is 11.3. The fraction of sp³-hybridized carbons (Fsp3) is 0.619. The van der Waals surface area contributed by atoms with Crippen molar-refractivity contribution < 1.29 is 4.52 Å². The standard InChI is InChI=1S/C21H30N4O/c1-3-7-17(8-4-1)16-25-13-11-19(12-14-25)22-15-20-23-21(24-26-20)18-9-5-2-6-10-18/h1,3-4,7-8,18-19,22H,2,5-6,9-16H2. The lowest BCUT2D eigenvalue weighted by Crippen LogP contribution is -2.41. The molecule has 1 aliphatic carbocycles. The molecule has 0 amide bonds. The molecule has 4 rings (SSSR count). The first-order valence-electron chi connectivity index (χ1n) is 10.2. The second kappa shape index (κ2) is 8.78. The molecule has 1 aliphatic heterocycles. The number of hydrogen-bond acceptors (Lipinski definition) is 5. The van der Waals surface area contributed by atoms with Crippen LogP contribution >= 0.6 is 0 Å². The van der Waals surface area contributed by atoms with Gasteiger partial charge in [-0.05, 0) is 44.3 Å². The summed E-state index contributed by atoms with van der Waals surface area (Å²) in [4.78, 5) is 7.18. The Bertz CT molecular complexity index is 658. The molecular formula is C21H30N4O. The molecule has 1 aromatic heterocycles. The summed E-state index contributed by atoms with van der Waals surface area (Å²) in [5, 5.41) is 7.84. The first kappa shape index (κ1) is 17.7. The lowest BCUT2D eigenvalue weighted by Gasteiger charge is -2.32. The van der Waals surface area contributed by atoms with Crippen LogP contribution in [0.2, 0.25) is 0 Å². The van der Waals surface area contributed by atoms with Crippen molar-refractivity contribution in [2.45, 2.75) is 70.0 Å². The number of nitrogens with zero attached hydrogens (tertiary/aromatic N) is 3. The van der Waals surface area contributed by atoms with Crippen LogP contribution < -0.4 is 5.32 Å². The largest absolute Gasteiger partial charge is 0.338 e. The molecular weight excluding hydrogens is 324 g/mol. The molecule has 5 nitrogen and oxygen atoms in total. The zero-order valence-electron chi connectivity index (χ0n) is 15.6. The number of likely N-dealkylation sites (tertiary alicyclic amines) is 1. The van der Waals surface area contributed by atoms with Crippen LogP contribution in [0, 0.1) is 0 Å². The minimum Gasteiger partial charge on any atom is -0.338 e. The molecule has 140 valence electrons. The molecule has 26 heavy (non-hydrogen) atoms. The van der Waals surface area contributed by atoms with Crippen LogP contribution in [0.15, 0.2) is 34.9 Å². The maximum absolute atomic E-state index is 5.48. The molecule has 1 saturated heterocycles. The Balaban J connectivity index is 1.20. The van der Waals surface area contributed by atoms with Gasteiger partial charge in [0.05, 0.1) is 6.54 Å². The molecule has 2 fully saturated rings. The van der Waals surface area contributed by atoms with Crippen LogP contribution in [-0.2, 0) is 13.1 Å². The summed E-state index contributed by atoms with van der Waals surface area (Å²) in [6.45, 7) is 4.04. The Hall–Kier alpha value is -1.72. The number of rotatable bonds is 6. The van der Waals surface area contributed by atoms with Gasteiger partial charge in [-0.15, -0.1) is 0 Å². The number of nitrogens with one attached hydrogen (secondary N) is 1. The molecule has 0 bridgehead atoms. The van der Waals surface area contributed by atoms with Gasteiger partial charge in [0.1, 0.15) is 0 Å². The highest BCUT2D eigenvalue weighted by atomic mass is 16.5. The number of aromatic nitrogens is 2. The molecule has 0 unspecified atom stereocenters. The van der Waals surface area contributed by atoms with Gasteiger partial charge in [0.25, 0.3) is 0 Å². The Labute approximate surface area is 156 Å². The van der Waals surface area contributed by atoms with E-state index in [1.165, 1.54) is 50.5 Å². The van der Waals surface area contributed by atoms with Gasteiger partial charge in [-0.2, -0.15) is 4.98 Å². The third-order valence-corrected chi connectivity index (χ3v) is 5.83. The molecule has 1 aromatic carbocycles. The van der Waals surface area contributed by atoms with Gasteiger partial charge >= 0.3 is 0 Å². The quantitative estimate of drug-likeness (QED) is 0.853. The lowest BCUT2D eigenvalue weighted by molar-refractivity contribution is 0.187. The summed E-state index contributed by atoms with van der Waals surface area (Å²) in [5.74, 6) is 2.19. The number of benzene rings is 1. The van der Waals surface area contributed by atoms with Gasteiger partial charge in [-0.3, -0.25) is 4.90 Å². The van der Waals surface area contributed by atoms with Gasteiger partial charge in [-0.25, -0.2) is 0 Å². The smallest absolute Gasteiger partial charge is 0.240 e. The number of piperidine rings is 1. The van der Waals surface area contributed by atoms with Crippen molar-refractivity contribution in [3.8, 4) is 0 Å². The Kier molecular flexibility index (Phi) is 5.97. The molecule has 1 N–H and O–H groups in total. The Morgan fingerprint density at radius 3 is 2.54 bits per heavy atom. The average Bonchev–Trinajstić information content (AvgIpc) is 3.18. The maximum atomic E-state index is 5.48. The molecule has 2 aromatic rings. The molecule has 0 radical (unpaired) electrons. The molecule has 0 spiro atoms. The van der Waals surface area contributed by atoms with Crippen molar-refractivity contribution in [2.75, 3.05) is 13.1 Å². The van der Waals surface area contributed by atoms with Gasteiger partial charge in [0.15, 0.2) is 5.82 Å². The third kappa shape index (κ3) is 4.71. The van der Waals surface area contributed by atoms with E-state index in [1.807, 2.05) is 0 Å². The zero-order chi connectivity index (χ0) is 17.6. The van der Waals surface area contributed by atoms with E-state index in [9.17, 15) is 0 Å². The van der Waals surface area contributed by atoms with Gasteiger partial charge < -0.3 is 9.84 Å². The maximum Gasteiger partial charge on any atom is 0.240 e. The second-order valence-electron chi connectivity index (χ2n) is 7.80. The number of hydrogen-bond donors (Lipinski definition) is 1. The highest BCUT2D eigenvalue weighted by Crippen LogP contribution is 2.30. The van der Waals surface area contributed by atoms with Crippen LogP contribution in [0.25, 0.3) is 0 Å². The van der Waals surface area contributed by atoms with E-state index < -0.39 is 0 Å². The van der Waals surface area contributed by atoms with Gasteiger partial charge in [0.2, 0.25) is 5.89 Å². The highest BCUT2D eigenvalue weighted by Gasteiger charge is 2.22. The average molecular weight is 354 g/mol.